The molecule has 0 rings (SSSR count). The van der Waals surface area contributed by atoms with Crippen LogP contribution in [0.3, 0.4) is 0 Å². The molecule has 0 bridgehead atoms. The molecule has 0 spiro atoms. The highest BCUT2D eigenvalue weighted by molar-refractivity contribution is 5.69. The number of unbranched alkanes of at least 4 members (excludes halogenated alkanes) is 4. The molecule has 0 saturated heterocycles. The van der Waals surface area contributed by atoms with Crippen LogP contribution in [0.1, 0.15) is 79.1 Å². The summed E-state index contributed by atoms with van der Waals surface area (Å²) in [6.07, 6.45) is 8.38. The van der Waals surface area contributed by atoms with Crippen LogP contribution in [0.4, 0.5) is 0 Å². The van der Waals surface area contributed by atoms with Gasteiger partial charge in [0.05, 0.1) is 0 Å². The smallest absolute Gasteiger partial charge is 0.307 e. The number of carbonyl (C=O) groups excluding carboxylic acids is 1. The number of carbonyl (C=O) groups is 1. The predicted molar refractivity (Wildman–Crippen MR) is 81.1 cm³/mol. The molecule has 0 fully saturated rings. The molecule has 0 aliphatic heterocycles. The van der Waals surface area contributed by atoms with Crippen LogP contribution in [0.5, 0.6) is 0 Å². The number of hydrogen-bond acceptors (Lipinski definition) is 3. The van der Waals surface area contributed by atoms with E-state index in [0.29, 0.717) is 6.42 Å². The Bertz CT molecular complexity index is 211. The van der Waals surface area contributed by atoms with E-state index in [4.69, 9.17) is 4.74 Å². The molecule has 1 unspecified atom stereocenters. The third kappa shape index (κ3) is 9.94. The van der Waals surface area contributed by atoms with E-state index in [1.807, 2.05) is 6.92 Å². The average molecular weight is 271 g/mol. The lowest BCUT2D eigenvalue weighted by atomic mass is 10.2. The van der Waals surface area contributed by atoms with E-state index in [9.17, 15) is 4.79 Å². The molecule has 0 aliphatic rings. The van der Waals surface area contributed by atoms with E-state index in [0.717, 1.165) is 32.4 Å². The molecule has 1 atom stereocenters. The first kappa shape index (κ1) is 18.4. The minimum absolute atomic E-state index is 0.0426. The topological polar surface area (TPSA) is 29.5 Å². The summed E-state index contributed by atoms with van der Waals surface area (Å²) in [5, 5.41) is 0. The zero-order valence-corrected chi connectivity index (χ0v) is 13.4. The van der Waals surface area contributed by atoms with E-state index in [2.05, 4.69) is 25.7 Å². The summed E-state index contributed by atoms with van der Waals surface area (Å²) in [6.45, 7) is 10.6. The highest BCUT2D eigenvalue weighted by atomic mass is 16.6. The van der Waals surface area contributed by atoms with Crippen molar-refractivity contribution in [3.05, 3.63) is 0 Å². The first-order chi connectivity index (χ1) is 9.15. The van der Waals surface area contributed by atoms with Gasteiger partial charge in [0, 0.05) is 19.5 Å². The van der Waals surface area contributed by atoms with Crippen molar-refractivity contribution in [2.45, 2.75) is 85.3 Å². The highest BCUT2D eigenvalue weighted by Gasteiger charge is 2.16. The van der Waals surface area contributed by atoms with Crippen molar-refractivity contribution in [2.75, 3.05) is 13.1 Å². The van der Waals surface area contributed by atoms with Crippen LogP contribution in [0.15, 0.2) is 0 Å². The van der Waals surface area contributed by atoms with Crippen molar-refractivity contribution < 1.29 is 9.53 Å². The molecule has 114 valence electrons. The molecule has 0 heterocycles. The third-order valence-corrected chi connectivity index (χ3v) is 3.40. The lowest BCUT2D eigenvalue weighted by Crippen LogP contribution is -2.38. The molecule has 0 aromatic rings. The summed E-state index contributed by atoms with van der Waals surface area (Å²) in [7, 11) is 0. The number of nitrogens with zero attached hydrogens (tertiary/aromatic N) is 1. The maximum atomic E-state index is 11.7. The summed E-state index contributed by atoms with van der Waals surface area (Å²) in [5.74, 6) is -0.0426. The first-order valence-corrected chi connectivity index (χ1v) is 8.09. The van der Waals surface area contributed by atoms with E-state index in [-0.39, 0.29) is 12.2 Å². The van der Waals surface area contributed by atoms with Gasteiger partial charge < -0.3 is 4.74 Å². The largest absolute Gasteiger partial charge is 0.447 e. The molecule has 3 heteroatoms. The van der Waals surface area contributed by atoms with Gasteiger partial charge in [-0.2, -0.15) is 0 Å². The molecule has 0 aromatic carbocycles. The van der Waals surface area contributed by atoms with E-state index in [1.165, 1.54) is 25.7 Å². The average Bonchev–Trinajstić information content (AvgIpc) is 2.39. The van der Waals surface area contributed by atoms with Gasteiger partial charge in [0.25, 0.3) is 0 Å². The zero-order chi connectivity index (χ0) is 14.5. The summed E-state index contributed by atoms with van der Waals surface area (Å²) in [6, 6.07) is 0. The fraction of sp³-hybridized carbons (Fsp3) is 0.938. The predicted octanol–water partition coefficient (Wildman–Crippen LogP) is 4.36. The normalized spacial score (nSPS) is 12.7. The van der Waals surface area contributed by atoms with Gasteiger partial charge in [0.15, 0.2) is 6.23 Å². The Labute approximate surface area is 119 Å². The number of hydrogen-bond donors (Lipinski definition) is 0. The van der Waals surface area contributed by atoms with Crippen molar-refractivity contribution in [3.8, 4) is 0 Å². The lowest BCUT2D eigenvalue weighted by Gasteiger charge is -2.28. The molecule has 0 radical (unpaired) electrons. The Morgan fingerprint density at radius 2 is 1.47 bits per heavy atom. The second kappa shape index (κ2) is 12.5. The molecule has 0 N–H and O–H groups in total. The summed E-state index contributed by atoms with van der Waals surface area (Å²) in [4.78, 5) is 14.0. The number of rotatable bonds is 12. The van der Waals surface area contributed by atoms with Gasteiger partial charge in [0.1, 0.15) is 0 Å². The Hall–Kier alpha value is -0.570. The van der Waals surface area contributed by atoms with E-state index >= 15 is 0 Å². The Kier molecular flexibility index (Phi) is 12.1. The van der Waals surface area contributed by atoms with Crippen molar-refractivity contribution in [2.24, 2.45) is 0 Å². The standard InChI is InChI=1S/C16H33NO2/c1-5-8-11-12-16(18)19-15(4)17(13-9-6-2)14-10-7-3/h15H,5-14H2,1-4H3. The molecule has 0 saturated carbocycles. The molecule has 0 aromatic heterocycles. The van der Waals surface area contributed by atoms with Crippen molar-refractivity contribution >= 4 is 5.97 Å². The van der Waals surface area contributed by atoms with Gasteiger partial charge in [-0.15, -0.1) is 0 Å². The maximum absolute atomic E-state index is 11.7. The monoisotopic (exact) mass is 271 g/mol. The van der Waals surface area contributed by atoms with Gasteiger partial charge in [-0.05, 0) is 26.2 Å². The molecule has 0 aliphatic carbocycles. The number of ether oxygens (including phenoxy) is 1. The lowest BCUT2D eigenvalue weighted by molar-refractivity contribution is -0.157. The Balaban J connectivity index is 4.05. The molecule has 19 heavy (non-hydrogen) atoms. The number of esters is 1. The van der Waals surface area contributed by atoms with Gasteiger partial charge in [-0.3, -0.25) is 9.69 Å². The van der Waals surface area contributed by atoms with Crippen LogP contribution in [0.25, 0.3) is 0 Å². The quantitative estimate of drug-likeness (QED) is 0.300. The molecular weight excluding hydrogens is 238 g/mol. The van der Waals surface area contributed by atoms with Crippen LogP contribution in [-0.2, 0) is 9.53 Å². The van der Waals surface area contributed by atoms with Gasteiger partial charge in [0.2, 0.25) is 0 Å². The van der Waals surface area contributed by atoms with Gasteiger partial charge in [-0.25, -0.2) is 0 Å². The second-order valence-electron chi connectivity index (χ2n) is 5.29. The summed E-state index contributed by atoms with van der Waals surface area (Å²) in [5.41, 5.74) is 0. The Morgan fingerprint density at radius 3 is 1.95 bits per heavy atom. The fourth-order valence-corrected chi connectivity index (χ4v) is 2.04. The maximum Gasteiger partial charge on any atom is 0.307 e. The minimum Gasteiger partial charge on any atom is -0.447 e. The minimum atomic E-state index is -0.0766. The van der Waals surface area contributed by atoms with E-state index in [1.54, 1.807) is 0 Å². The summed E-state index contributed by atoms with van der Waals surface area (Å²) >= 11 is 0. The van der Waals surface area contributed by atoms with E-state index < -0.39 is 0 Å². The van der Waals surface area contributed by atoms with Gasteiger partial charge in [-0.1, -0.05) is 46.5 Å². The third-order valence-electron chi connectivity index (χ3n) is 3.40. The van der Waals surface area contributed by atoms with Crippen molar-refractivity contribution in [1.29, 1.82) is 0 Å². The second-order valence-corrected chi connectivity index (χ2v) is 5.29. The Morgan fingerprint density at radius 1 is 0.947 bits per heavy atom. The highest BCUT2D eigenvalue weighted by Crippen LogP contribution is 2.09. The SMILES string of the molecule is CCCCCC(=O)OC(C)N(CCCC)CCCC. The van der Waals surface area contributed by atoms with Crippen LogP contribution in [-0.4, -0.2) is 30.2 Å². The molecular formula is C16H33NO2. The van der Waals surface area contributed by atoms with Crippen LogP contribution < -0.4 is 0 Å². The molecule has 0 amide bonds. The fourth-order valence-electron chi connectivity index (χ4n) is 2.04. The van der Waals surface area contributed by atoms with Crippen molar-refractivity contribution in [1.82, 2.24) is 4.90 Å². The van der Waals surface area contributed by atoms with Crippen LogP contribution >= 0.6 is 0 Å². The summed E-state index contributed by atoms with van der Waals surface area (Å²) < 4.78 is 5.54. The molecule has 3 nitrogen and oxygen atoms in total. The van der Waals surface area contributed by atoms with Crippen LogP contribution in [0, 0.1) is 0 Å². The zero-order valence-electron chi connectivity index (χ0n) is 13.4. The van der Waals surface area contributed by atoms with Crippen molar-refractivity contribution in [3.63, 3.8) is 0 Å². The van der Waals surface area contributed by atoms with Crippen LogP contribution in [0.2, 0.25) is 0 Å². The first-order valence-electron chi connectivity index (χ1n) is 8.09. The van der Waals surface area contributed by atoms with Gasteiger partial charge >= 0.3 is 5.97 Å².